The topological polar surface area (TPSA) is 397 Å². The van der Waals surface area contributed by atoms with Crippen LogP contribution in [-0.2, 0) is 49.6 Å². The highest BCUT2D eigenvalue weighted by molar-refractivity contribution is 5.98. The highest BCUT2D eigenvalue weighted by Crippen LogP contribution is 2.13. The van der Waals surface area contributed by atoms with E-state index in [1.807, 2.05) is 0 Å². The standard InChI is InChI=1S/C43H71N9O15/c1-19(2)14-28(46-36(59)27(44)17-53)37(60)49-31(18-54)40(63)47-30(16-25-10-12-26(57)13-11-25)39(62)52-34(24(9)56)42(65)48-29(15-20(3)4)38(61)51-33(23(8)55)41(64)45-22(7)35(58)50-32(21(5)6)43(66)67/h10-13,19-24,27-34,53-57H,14-18,44H2,1-9H3,(H,45,64)(H,46,59)(H,47,63)(H,48,65)(H,49,60)(H,50,58)(H,51,61)(H,52,62)(H,66,67)/t22-,23+,24+,27-,28-,29-,30-,31-,32-,33-,34-/m0/s1. The molecule has 24 heteroatoms. The first-order chi connectivity index (χ1) is 31.1. The summed E-state index contributed by atoms with van der Waals surface area (Å²) in [5.74, 6) is -10.3. The monoisotopic (exact) mass is 954 g/mol. The molecule has 0 aromatic heterocycles. The fourth-order valence-corrected chi connectivity index (χ4v) is 6.32. The van der Waals surface area contributed by atoms with Crippen LogP contribution in [0.2, 0.25) is 0 Å². The predicted molar refractivity (Wildman–Crippen MR) is 240 cm³/mol. The van der Waals surface area contributed by atoms with Gasteiger partial charge in [0, 0.05) is 6.42 Å². The second-order valence-corrected chi connectivity index (χ2v) is 17.6. The molecular weight excluding hydrogens is 883 g/mol. The van der Waals surface area contributed by atoms with Crippen LogP contribution in [0.25, 0.3) is 0 Å². The van der Waals surface area contributed by atoms with Gasteiger partial charge in [-0.3, -0.25) is 38.4 Å². The van der Waals surface area contributed by atoms with Crippen LogP contribution in [0.3, 0.4) is 0 Å². The number of nitrogens with one attached hydrogen (secondary N) is 8. The molecule has 0 saturated heterocycles. The molecule has 1 rings (SSSR count). The molecule has 0 bridgehead atoms. The summed E-state index contributed by atoms with van der Waals surface area (Å²) in [5, 5.41) is 78.9. The average molecular weight is 954 g/mol. The lowest BCUT2D eigenvalue weighted by Crippen LogP contribution is -2.63. The zero-order chi connectivity index (χ0) is 51.5. The zero-order valence-electron chi connectivity index (χ0n) is 39.4. The van der Waals surface area contributed by atoms with Crippen LogP contribution in [0.1, 0.15) is 80.7 Å². The Labute approximate surface area is 389 Å². The molecule has 67 heavy (non-hydrogen) atoms. The van der Waals surface area contributed by atoms with E-state index in [0.29, 0.717) is 5.56 Å². The third-order valence-corrected chi connectivity index (χ3v) is 10.1. The number of benzene rings is 1. The second-order valence-electron chi connectivity index (χ2n) is 17.6. The smallest absolute Gasteiger partial charge is 0.326 e. The maximum atomic E-state index is 14.0. The lowest BCUT2D eigenvalue weighted by Gasteiger charge is -2.29. The van der Waals surface area contributed by atoms with E-state index in [4.69, 9.17) is 5.73 Å². The molecule has 0 spiro atoms. The number of carbonyl (C=O) groups excluding carboxylic acids is 8. The fourth-order valence-electron chi connectivity index (χ4n) is 6.32. The quantitative estimate of drug-likeness (QED) is 0.0378. The van der Waals surface area contributed by atoms with E-state index >= 15 is 0 Å². The summed E-state index contributed by atoms with van der Waals surface area (Å²) in [4.78, 5) is 118. The van der Waals surface area contributed by atoms with Crippen molar-refractivity contribution in [1.29, 1.82) is 0 Å². The molecule has 0 aliphatic rings. The molecule has 8 amide bonds. The number of hydrogen-bond acceptors (Lipinski definition) is 15. The van der Waals surface area contributed by atoms with Crippen LogP contribution >= 0.6 is 0 Å². The summed E-state index contributed by atoms with van der Waals surface area (Å²) in [6, 6.07) is -7.97. The Kier molecular flexibility index (Phi) is 24.9. The van der Waals surface area contributed by atoms with Crippen molar-refractivity contribution in [2.24, 2.45) is 23.5 Å². The largest absolute Gasteiger partial charge is 0.508 e. The number of amides is 8. The van der Waals surface area contributed by atoms with Crippen molar-refractivity contribution in [2.45, 2.75) is 148 Å². The number of aliphatic carboxylic acids is 1. The molecule has 16 N–H and O–H groups in total. The summed E-state index contributed by atoms with van der Waals surface area (Å²) >= 11 is 0. The molecule has 0 fully saturated rings. The van der Waals surface area contributed by atoms with Gasteiger partial charge in [-0.2, -0.15) is 0 Å². The third kappa shape index (κ3) is 20.2. The predicted octanol–water partition coefficient (Wildman–Crippen LogP) is -4.26. The van der Waals surface area contributed by atoms with E-state index in [9.17, 15) is 73.8 Å². The van der Waals surface area contributed by atoms with Gasteiger partial charge < -0.3 is 78.9 Å². The van der Waals surface area contributed by atoms with E-state index in [0.717, 1.165) is 6.92 Å². The number of hydrogen-bond donors (Lipinski definition) is 15. The number of aromatic hydroxyl groups is 1. The Morgan fingerprint density at radius 2 is 0.881 bits per heavy atom. The number of carboxylic acids is 1. The maximum Gasteiger partial charge on any atom is 0.326 e. The van der Waals surface area contributed by atoms with Gasteiger partial charge >= 0.3 is 5.97 Å². The van der Waals surface area contributed by atoms with E-state index < -0.39 is 139 Å². The van der Waals surface area contributed by atoms with Crippen LogP contribution in [-0.4, -0.2) is 164 Å². The van der Waals surface area contributed by atoms with Gasteiger partial charge in [0.2, 0.25) is 47.3 Å². The number of carboxylic acid groups (broad SMARTS) is 1. The van der Waals surface area contributed by atoms with Gasteiger partial charge in [-0.1, -0.05) is 53.7 Å². The number of rotatable bonds is 28. The van der Waals surface area contributed by atoms with Gasteiger partial charge in [0.25, 0.3) is 0 Å². The zero-order valence-corrected chi connectivity index (χ0v) is 39.4. The molecule has 0 aliphatic heterocycles. The highest BCUT2D eigenvalue weighted by atomic mass is 16.4. The van der Waals surface area contributed by atoms with Crippen LogP contribution in [0.4, 0.5) is 0 Å². The van der Waals surface area contributed by atoms with E-state index in [1.165, 1.54) is 38.1 Å². The minimum absolute atomic E-state index is 0.0657. The Morgan fingerprint density at radius 3 is 1.30 bits per heavy atom. The summed E-state index contributed by atoms with van der Waals surface area (Å²) < 4.78 is 0. The maximum absolute atomic E-state index is 14.0. The minimum atomic E-state index is -1.80. The van der Waals surface area contributed by atoms with Crippen molar-refractivity contribution in [3.63, 3.8) is 0 Å². The Bertz CT molecular complexity index is 1850. The van der Waals surface area contributed by atoms with E-state index in [2.05, 4.69) is 42.5 Å². The molecule has 0 unspecified atom stereocenters. The number of aliphatic hydroxyl groups is 4. The van der Waals surface area contributed by atoms with Gasteiger partial charge in [0.1, 0.15) is 60.1 Å². The average Bonchev–Trinajstić information content (AvgIpc) is 3.23. The highest BCUT2D eigenvalue weighted by Gasteiger charge is 2.37. The van der Waals surface area contributed by atoms with Gasteiger partial charge in [-0.25, -0.2) is 4.79 Å². The number of carbonyl (C=O) groups is 9. The number of phenolic OH excluding ortho intramolecular Hbond substituents is 1. The molecule has 0 saturated carbocycles. The first kappa shape index (κ1) is 59.1. The van der Waals surface area contributed by atoms with Crippen LogP contribution in [0, 0.1) is 17.8 Å². The van der Waals surface area contributed by atoms with Crippen molar-refractivity contribution in [1.82, 2.24) is 42.5 Å². The van der Waals surface area contributed by atoms with Crippen LogP contribution in [0.5, 0.6) is 5.75 Å². The van der Waals surface area contributed by atoms with Crippen LogP contribution in [0.15, 0.2) is 24.3 Å². The Hall–Kier alpha value is -5.95. The SMILES string of the molecule is CC(C)C[C@H](NC(=O)[C@@H](NC(=O)[C@H](Cc1ccc(O)cc1)NC(=O)[C@H](CO)NC(=O)[C@H](CC(C)C)NC(=O)[C@@H](N)CO)[C@@H](C)O)C(=O)N[C@H](C(=O)N[C@@H](C)C(=O)N[C@H](C(=O)O)C(C)C)[C@@H](C)O. The molecule has 0 heterocycles. The van der Waals surface area contributed by atoms with E-state index in [-0.39, 0.29) is 36.8 Å². The molecule has 1 aromatic rings. The van der Waals surface area contributed by atoms with Crippen molar-refractivity contribution in [3.05, 3.63) is 29.8 Å². The van der Waals surface area contributed by atoms with Gasteiger partial charge in [0.05, 0.1) is 25.4 Å². The summed E-state index contributed by atoms with van der Waals surface area (Å²) in [5.41, 5.74) is 5.96. The first-order valence-electron chi connectivity index (χ1n) is 21.9. The van der Waals surface area contributed by atoms with Gasteiger partial charge in [0.15, 0.2) is 0 Å². The molecule has 1 aromatic carbocycles. The van der Waals surface area contributed by atoms with Crippen molar-refractivity contribution in [3.8, 4) is 5.75 Å². The molecule has 0 radical (unpaired) electrons. The lowest BCUT2D eigenvalue weighted by atomic mass is 10.0. The van der Waals surface area contributed by atoms with Crippen molar-refractivity contribution >= 4 is 53.2 Å². The molecule has 0 aliphatic carbocycles. The Morgan fingerprint density at radius 1 is 0.493 bits per heavy atom. The number of aliphatic hydroxyl groups excluding tert-OH is 4. The fraction of sp³-hybridized carbons (Fsp3) is 0.651. The van der Waals surface area contributed by atoms with Gasteiger partial charge in [-0.15, -0.1) is 0 Å². The lowest BCUT2D eigenvalue weighted by molar-refractivity contribution is -0.143. The summed E-state index contributed by atoms with van der Waals surface area (Å²) in [6.07, 6.45) is -3.51. The van der Waals surface area contributed by atoms with E-state index in [1.54, 1.807) is 41.5 Å². The molecule has 11 atom stereocenters. The van der Waals surface area contributed by atoms with Crippen LogP contribution < -0.4 is 48.3 Å². The minimum Gasteiger partial charge on any atom is -0.508 e. The summed E-state index contributed by atoms with van der Waals surface area (Å²) in [6.45, 7) is 11.9. The third-order valence-electron chi connectivity index (χ3n) is 10.1. The normalized spacial score (nSPS) is 16.3. The Balaban J connectivity index is 3.39. The number of phenols is 1. The first-order valence-corrected chi connectivity index (χ1v) is 21.9. The molecule has 378 valence electrons. The van der Waals surface area contributed by atoms with Crippen molar-refractivity contribution < 1.29 is 73.8 Å². The van der Waals surface area contributed by atoms with Crippen molar-refractivity contribution in [2.75, 3.05) is 13.2 Å². The molecular formula is C43H71N9O15. The summed E-state index contributed by atoms with van der Waals surface area (Å²) in [7, 11) is 0. The van der Waals surface area contributed by atoms with Gasteiger partial charge in [-0.05, 0) is 69.1 Å². The number of nitrogens with two attached hydrogens (primary N) is 1. The molecule has 24 nitrogen and oxygen atoms in total. The second kappa shape index (κ2) is 28.3.